The smallest absolute Gasteiger partial charge is 0.318 e. The van der Waals surface area contributed by atoms with Gasteiger partial charge in [0.05, 0.1) is 0 Å². The normalized spacial score (nSPS) is 19.3. The molecule has 7 heteroatoms. The lowest BCUT2D eigenvalue weighted by molar-refractivity contribution is -0.161. The number of carbonyl (C=O) groups excluding carboxylic acids is 2. The maximum atomic E-state index is 13.4. The molecular formula is C29H28BrNO5. The summed E-state index contributed by atoms with van der Waals surface area (Å²) in [7, 11) is 0. The second-order valence-corrected chi connectivity index (χ2v) is 10.1. The first kappa shape index (κ1) is 24.4. The lowest BCUT2D eigenvalue weighted by Crippen LogP contribution is -2.39. The van der Waals surface area contributed by atoms with Gasteiger partial charge in [0.25, 0.3) is 5.91 Å². The van der Waals surface area contributed by atoms with Gasteiger partial charge >= 0.3 is 5.97 Å². The summed E-state index contributed by atoms with van der Waals surface area (Å²) in [6, 6.07) is 23.1. The topological polar surface area (TPSA) is 65.1 Å². The van der Waals surface area contributed by atoms with Crippen molar-refractivity contribution in [3.63, 3.8) is 0 Å². The highest BCUT2D eigenvalue weighted by molar-refractivity contribution is 9.10. The lowest BCUT2D eigenvalue weighted by Gasteiger charge is -2.23. The Hall–Kier alpha value is -3.32. The minimum atomic E-state index is -0.846. The Labute approximate surface area is 219 Å². The zero-order valence-electron chi connectivity index (χ0n) is 20.1. The van der Waals surface area contributed by atoms with E-state index in [0.29, 0.717) is 25.4 Å². The van der Waals surface area contributed by atoms with Crippen molar-refractivity contribution in [1.82, 2.24) is 4.90 Å². The molecule has 0 saturated carbocycles. The monoisotopic (exact) mass is 549 g/mol. The third-order valence-electron chi connectivity index (χ3n) is 6.63. The van der Waals surface area contributed by atoms with Crippen molar-refractivity contribution in [3.8, 4) is 11.5 Å². The highest BCUT2D eigenvalue weighted by atomic mass is 79.9. The fourth-order valence-corrected chi connectivity index (χ4v) is 5.11. The van der Waals surface area contributed by atoms with Gasteiger partial charge in [-0.3, -0.25) is 9.59 Å². The van der Waals surface area contributed by atoms with Gasteiger partial charge in [0, 0.05) is 23.1 Å². The number of likely N-dealkylation sites (tertiary alicyclic amines) is 1. The minimum absolute atomic E-state index is 0.148. The molecule has 6 nitrogen and oxygen atoms in total. The van der Waals surface area contributed by atoms with Crippen LogP contribution in [0.4, 0.5) is 0 Å². The molecule has 2 aliphatic heterocycles. The molecule has 0 bridgehead atoms. The predicted octanol–water partition coefficient (Wildman–Crippen LogP) is 5.80. The number of rotatable bonds is 7. The maximum Gasteiger partial charge on any atom is 0.318 e. The summed E-state index contributed by atoms with van der Waals surface area (Å²) in [6.45, 7) is 3.54. The summed E-state index contributed by atoms with van der Waals surface area (Å²) < 4.78 is 18.7. The van der Waals surface area contributed by atoms with Crippen molar-refractivity contribution < 1.29 is 23.8 Å². The van der Waals surface area contributed by atoms with E-state index in [0.717, 1.165) is 39.8 Å². The van der Waals surface area contributed by atoms with Crippen molar-refractivity contribution in [3.05, 3.63) is 94.0 Å². The first-order valence-electron chi connectivity index (χ1n) is 12.2. The van der Waals surface area contributed by atoms with Gasteiger partial charge < -0.3 is 19.1 Å². The van der Waals surface area contributed by atoms with E-state index in [1.165, 1.54) is 0 Å². The first-order chi connectivity index (χ1) is 17.5. The fraction of sp³-hybridized carbons (Fsp3) is 0.310. The van der Waals surface area contributed by atoms with Crippen LogP contribution < -0.4 is 9.47 Å². The molecule has 1 fully saturated rings. The minimum Gasteiger partial charge on any atom is -0.489 e. The van der Waals surface area contributed by atoms with Crippen LogP contribution in [0.5, 0.6) is 11.5 Å². The molecule has 2 aliphatic rings. The van der Waals surface area contributed by atoms with Crippen molar-refractivity contribution in [1.29, 1.82) is 0 Å². The Morgan fingerprint density at radius 3 is 2.47 bits per heavy atom. The van der Waals surface area contributed by atoms with E-state index >= 15 is 0 Å². The van der Waals surface area contributed by atoms with Crippen LogP contribution >= 0.6 is 15.9 Å². The van der Waals surface area contributed by atoms with Crippen molar-refractivity contribution in [2.75, 3.05) is 13.1 Å². The third kappa shape index (κ3) is 5.26. The third-order valence-corrected chi connectivity index (χ3v) is 7.13. The molecule has 5 rings (SSSR count). The van der Waals surface area contributed by atoms with Gasteiger partial charge in [-0.05, 0) is 61.2 Å². The van der Waals surface area contributed by atoms with Gasteiger partial charge in [0.1, 0.15) is 30.1 Å². The summed E-state index contributed by atoms with van der Waals surface area (Å²) in [6.07, 6.45) is 0.551. The molecular weight excluding hydrogens is 522 g/mol. The summed E-state index contributed by atoms with van der Waals surface area (Å²) in [4.78, 5) is 28.0. The van der Waals surface area contributed by atoms with Crippen LogP contribution in [0, 0.1) is 0 Å². The molecule has 2 heterocycles. The van der Waals surface area contributed by atoms with Gasteiger partial charge in [-0.1, -0.05) is 58.4 Å². The number of hydrogen-bond acceptors (Lipinski definition) is 5. The molecule has 1 saturated heterocycles. The Bertz CT molecular complexity index is 1220. The van der Waals surface area contributed by atoms with Gasteiger partial charge in [-0.15, -0.1) is 0 Å². The Morgan fingerprint density at radius 1 is 1.03 bits per heavy atom. The van der Waals surface area contributed by atoms with Crippen LogP contribution in [0.25, 0.3) is 0 Å². The molecule has 3 aromatic carbocycles. The molecule has 186 valence electrons. The summed E-state index contributed by atoms with van der Waals surface area (Å²) >= 11 is 3.50. The van der Waals surface area contributed by atoms with Gasteiger partial charge in [0.2, 0.25) is 0 Å². The quantitative estimate of drug-likeness (QED) is 0.348. The molecule has 0 radical (unpaired) electrons. The summed E-state index contributed by atoms with van der Waals surface area (Å²) in [5.41, 5.74) is 2.65. The molecule has 0 unspecified atom stereocenters. The van der Waals surface area contributed by atoms with Crippen molar-refractivity contribution in [2.45, 2.75) is 44.5 Å². The van der Waals surface area contributed by atoms with E-state index < -0.39 is 24.1 Å². The second kappa shape index (κ2) is 10.7. The number of fused-ring (bicyclic) bond motifs is 1. The molecule has 0 N–H and O–H groups in total. The van der Waals surface area contributed by atoms with Crippen LogP contribution in [0.2, 0.25) is 0 Å². The zero-order valence-corrected chi connectivity index (χ0v) is 21.6. The average Bonchev–Trinajstić information content (AvgIpc) is 3.56. The van der Waals surface area contributed by atoms with Crippen molar-refractivity contribution in [2.24, 2.45) is 0 Å². The van der Waals surface area contributed by atoms with E-state index in [9.17, 15) is 9.59 Å². The summed E-state index contributed by atoms with van der Waals surface area (Å²) in [5.74, 6) is 0.0484. The number of ether oxygens (including phenoxy) is 3. The van der Waals surface area contributed by atoms with Crippen LogP contribution in [0.3, 0.4) is 0 Å². The maximum absolute atomic E-state index is 13.4. The zero-order chi connectivity index (χ0) is 25.1. The largest absolute Gasteiger partial charge is 0.489 e. The van der Waals surface area contributed by atoms with Crippen LogP contribution in [0.15, 0.2) is 77.3 Å². The molecule has 0 aromatic heterocycles. The van der Waals surface area contributed by atoms with Gasteiger partial charge in [0.15, 0.2) is 6.10 Å². The Balaban J connectivity index is 1.33. The first-order valence-corrected chi connectivity index (χ1v) is 13.0. The number of benzene rings is 3. The molecule has 1 amide bonds. The van der Waals surface area contributed by atoms with E-state index in [1.54, 1.807) is 11.8 Å². The standard InChI is InChI=1S/C29H28BrNO5/c1-19(28(32)31-15-5-6-16-31)35-29(33)26-24-17-22(30)11-14-25(24)36-27(26)21-9-12-23(13-10-21)34-18-20-7-3-2-4-8-20/h2-4,7-14,17,19,26-27H,5-6,15-16,18H2,1H3/t19-,26-,27+/m1/s1. The fourth-order valence-electron chi connectivity index (χ4n) is 4.74. The Kier molecular flexibility index (Phi) is 7.28. The number of amides is 1. The molecule has 0 aliphatic carbocycles. The highest BCUT2D eigenvalue weighted by Crippen LogP contribution is 2.48. The highest BCUT2D eigenvalue weighted by Gasteiger charge is 2.43. The molecule has 0 spiro atoms. The number of hydrogen-bond donors (Lipinski definition) is 0. The second-order valence-electron chi connectivity index (χ2n) is 9.15. The predicted molar refractivity (Wildman–Crippen MR) is 139 cm³/mol. The number of esters is 1. The van der Waals surface area contributed by atoms with E-state index in [-0.39, 0.29) is 5.91 Å². The molecule has 36 heavy (non-hydrogen) atoms. The molecule has 3 atom stereocenters. The SMILES string of the molecule is C[C@@H](OC(=O)[C@@H]1c2cc(Br)ccc2O[C@H]1c1ccc(OCc2ccccc2)cc1)C(=O)N1CCCC1. The van der Waals surface area contributed by atoms with E-state index in [1.807, 2.05) is 72.8 Å². The number of carbonyl (C=O) groups is 2. The van der Waals surface area contributed by atoms with Crippen LogP contribution in [0.1, 0.15) is 48.5 Å². The van der Waals surface area contributed by atoms with Crippen LogP contribution in [-0.4, -0.2) is 36.0 Å². The lowest BCUT2D eigenvalue weighted by atomic mass is 9.91. The Morgan fingerprint density at radius 2 is 1.75 bits per heavy atom. The average molecular weight is 550 g/mol. The van der Waals surface area contributed by atoms with Crippen molar-refractivity contribution >= 4 is 27.8 Å². The summed E-state index contributed by atoms with van der Waals surface area (Å²) in [5, 5.41) is 0. The van der Waals surface area contributed by atoms with E-state index in [4.69, 9.17) is 14.2 Å². The van der Waals surface area contributed by atoms with Gasteiger partial charge in [-0.2, -0.15) is 0 Å². The number of halogens is 1. The van der Waals surface area contributed by atoms with Gasteiger partial charge in [-0.25, -0.2) is 0 Å². The molecule has 3 aromatic rings. The number of nitrogens with zero attached hydrogens (tertiary/aromatic N) is 1. The van der Waals surface area contributed by atoms with Crippen LogP contribution in [-0.2, 0) is 20.9 Å². The van der Waals surface area contributed by atoms with E-state index in [2.05, 4.69) is 15.9 Å².